The molecule has 2 nitrogen and oxygen atoms in total. The average Bonchev–Trinajstić information content (AvgIpc) is 2.29. The summed E-state index contributed by atoms with van der Waals surface area (Å²) in [6.07, 6.45) is 8.46. The van der Waals surface area contributed by atoms with Gasteiger partial charge in [-0.1, -0.05) is 33.1 Å². The molecule has 0 aromatic rings. The molecule has 1 aliphatic rings. The van der Waals surface area contributed by atoms with Crippen molar-refractivity contribution in [1.29, 1.82) is 0 Å². The molecule has 0 aromatic heterocycles. The summed E-state index contributed by atoms with van der Waals surface area (Å²) in [5, 5.41) is 10.1. The van der Waals surface area contributed by atoms with Gasteiger partial charge in [0, 0.05) is 6.04 Å². The normalized spacial score (nSPS) is 30.9. The van der Waals surface area contributed by atoms with E-state index < -0.39 is 0 Å². The van der Waals surface area contributed by atoms with Crippen LogP contribution in [0.3, 0.4) is 0 Å². The number of unbranched alkanes of at least 4 members (excludes halogenated alkanes) is 1. The Hall–Kier alpha value is -0.0800. The molecule has 3 unspecified atom stereocenters. The summed E-state index contributed by atoms with van der Waals surface area (Å²) in [6, 6.07) is 0.414. The van der Waals surface area contributed by atoms with Crippen LogP contribution in [0.4, 0.5) is 0 Å². The van der Waals surface area contributed by atoms with Gasteiger partial charge in [0.25, 0.3) is 0 Å². The van der Waals surface area contributed by atoms with Crippen LogP contribution in [0.1, 0.15) is 58.8 Å². The van der Waals surface area contributed by atoms with E-state index in [0.29, 0.717) is 6.04 Å². The van der Waals surface area contributed by atoms with Crippen molar-refractivity contribution in [2.45, 2.75) is 70.9 Å². The van der Waals surface area contributed by atoms with E-state index in [1.807, 2.05) is 0 Å². The third kappa shape index (κ3) is 4.06. The van der Waals surface area contributed by atoms with Gasteiger partial charge in [0.1, 0.15) is 0 Å². The van der Waals surface area contributed by atoms with Crippen molar-refractivity contribution in [2.24, 2.45) is 5.92 Å². The Morgan fingerprint density at radius 1 is 1.19 bits per heavy atom. The maximum absolute atomic E-state index is 10.1. The van der Waals surface area contributed by atoms with Crippen LogP contribution in [0.25, 0.3) is 0 Å². The first-order valence-electron chi connectivity index (χ1n) is 7.07. The van der Waals surface area contributed by atoms with Gasteiger partial charge in [-0.3, -0.25) is 0 Å². The molecule has 3 atom stereocenters. The second-order valence-corrected chi connectivity index (χ2v) is 5.44. The zero-order chi connectivity index (χ0) is 12.0. The fourth-order valence-corrected chi connectivity index (χ4v) is 2.93. The zero-order valence-electron chi connectivity index (χ0n) is 11.3. The number of aliphatic hydroxyl groups excluding tert-OH is 1. The topological polar surface area (TPSA) is 23.5 Å². The Balaban J connectivity index is 2.41. The van der Waals surface area contributed by atoms with E-state index in [1.54, 1.807) is 0 Å². The van der Waals surface area contributed by atoms with Crippen molar-refractivity contribution in [1.82, 2.24) is 4.90 Å². The number of hydrogen-bond acceptors (Lipinski definition) is 2. The second kappa shape index (κ2) is 7.29. The second-order valence-electron chi connectivity index (χ2n) is 5.44. The molecule has 0 aromatic carbocycles. The Morgan fingerprint density at radius 2 is 1.94 bits per heavy atom. The van der Waals surface area contributed by atoms with Crippen LogP contribution in [-0.4, -0.2) is 35.7 Å². The van der Waals surface area contributed by atoms with E-state index in [-0.39, 0.29) is 6.10 Å². The number of hydrogen-bond donors (Lipinski definition) is 1. The summed E-state index contributed by atoms with van der Waals surface area (Å²) in [5.41, 5.74) is 0. The van der Waals surface area contributed by atoms with Crippen LogP contribution in [0.5, 0.6) is 0 Å². The van der Waals surface area contributed by atoms with Gasteiger partial charge < -0.3 is 10.0 Å². The molecule has 96 valence electrons. The molecule has 2 heteroatoms. The van der Waals surface area contributed by atoms with Crippen LogP contribution in [0.15, 0.2) is 0 Å². The van der Waals surface area contributed by atoms with Crippen LogP contribution >= 0.6 is 0 Å². The van der Waals surface area contributed by atoms with Crippen molar-refractivity contribution >= 4 is 0 Å². The van der Waals surface area contributed by atoms with Crippen molar-refractivity contribution in [3.05, 3.63) is 0 Å². The Kier molecular flexibility index (Phi) is 6.37. The molecular weight excluding hydrogens is 198 g/mol. The molecule has 0 heterocycles. The molecule has 0 saturated heterocycles. The molecule has 0 amide bonds. The fraction of sp³-hybridized carbons (Fsp3) is 1.00. The Morgan fingerprint density at radius 3 is 2.56 bits per heavy atom. The predicted octanol–water partition coefficient (Wildman–Crippen LogP) is 3.05. The molecule has 1 rings (SSSR count). The third-order valence-electron chi connectivity index (χ3n) is 4.02. The lowest BCUT2D eigenvalue weighted by atomic mass is 9.81. The van der Waals surface area contributed by atoms with E-state index in [0.717, 1.165) is 18.9 Å². The summed E-state index contributed by atoms with van der Waals surface area (Å²) in [5.74, 6) is 0.850. The highest BCUT2D eigenvalue weighted by Crippen LogP contribution is 2.30. The lowest BCUT2D eigenvalue weighted by molar-refractivity contribution is 0.0123. The Bertz CT molecular complexity index is 184. The first-order valence-corrected chi connectivity index (χ1v) is 7.07. The monoisotopic (exact) mass is 227 g/mol. The highest BCUT2D eigenvalue weighted by molar-refractivity contribution is 4.85. The van der Waals surface area contributed by atoms with Crippen LogP contribution < -0.4 is 0 Å². The van der Waals surface area contributed by atoms with Gasteiger partial charge in [-0.2, -0.15) is 0 Å². The smallest absolute Gasteiger partial charge is 0.0695 e. The molecule has 16 heavy (non-hydrogen) atoms. The fourth-order valence-electron chi connectivity index (χ4n) is 2.93. The van der Waals surface area contributed by atoms with Crippen molar-refractivity contribution in [3.8, 4) is 0 Å². The van der Waals surface area contributed by atoms with Crippen LogP contribution in [0.2, 0.25) is 0 Å². The van der Waals surface area contributed by atoms with Crippen molar-refractivity contribution in [3.63, 3.8) is 0 Å². The molecule has 0 radical (unpaired) electrons. The summed E-state index contributed by atoms with van der Waals surface area (Å²) in [4.78, 5) is 2.38. The summed E-state index contributed by atoms with van der Waals surface area (Å²) in [6.45, 7) is 5.63. The third-order valence-corrected chi connectivity index (χ3v) is 4.02. The highest BCUT2D eigenvalue weighted by atomic mass is 16.3. The lowest BCUT2D eigenvalue weighted by Crippen LogP contribution is -2.45. The largest absolute Gasteiger partial charge is 0.391 e. The molecule has 1 fully saturated rings. The number of aliphatic hydroxyl groups is 1. The van der Waals surface area contributed by atoms with Gasteiger partial charge >= 0.3 is 0 Å². The van der Waals surface area contributed by atoms with E-state index in [1.165, 1.54) is 38.5 Å². The maximum atomic E-state index is 10.1. The van der Waals surface area contributed by atoms with Gasteiger partial charge in [0.15, 0.2) is 0 Å². The van der Waals surface area contributed by atoms with Crippen molar-refractivity contribution < 1.29 is 5.11 Å². The lowest BCUT2D eigenvalue weighted by Gasteiger charge is -2.39. The number of rotatable bonds is 6. The molecule has 1 aliphatic carbocycles. The maximum Gasteiger partial charge on any atom is 0.0695 e. The van der Waals surface area contributed by atoms with Crippen molar-refractivity contribution in [2.75, 3.05) is 13.6 Å². The molecular formula is C14H29NO. The first kappa shape index (κ1) is 14.0. The summed E-state index contributed by atoms with van der Waals surface area (Å²) < 4.78 is 0. The minimum Gasteiger partial charge on any atom is -0.391 e. The molecule has 0 aliphatic heterocycles. The van der Waals surface area contributed by atoms with Gasteiger partial charge in [-0.15, -0.1) is 0 Å². The molecule has 1 saturated carbocycles. The average molecular weight is 227 g/mol. The predicted molar refractivity (Wildman–Crippen MR) is 69.6 cm³/mol. The van der Waals surface area contributed by atoms with E-state index in [9.17, 15) is 5.11 Å². The summed E-state index contributed by atoms with van der Waals surface area (Å²) in [7, 11) is 2.18. The number of nitrogens with zero attached hydrogens (tertiary/aromatic N) is 1. The highest BCUT2D eigenvalue weighted by Gasteiger charge is 2.30. The zero-order valence-corrected chi connectivity index (χ0v) is 11.3. The quantitative estimate of drug-likeness (QED) is 0.754. The minimum absolute atomic E-state index is 0.0880. The van der Waals surface area contributed by atoms with E-state index >= 15 is 0 Å². The van der Waals surface area contributed by atoms with Gasteiger partial charge in [-0.05, 0) is 45.2 Å². The number of likely N-dealkylation sites (N-methyl/N-ethyl adjacent to an activating group) is 1. The van der Waals surface area contributed by atoms with Crippen LogP contribution in [-0.2, 0) is 0 Å². The van der Waals surface area contributed by atoms with E-state index in [4.69, 9.17) is 0 Å². The van der Waals surface area contributed by atoms with E-state index in [2.05, 4.69) is 25.8 Å². The molecule has 1 N–H and O–H groups in total. The van der Waals surface area contributed by atoms with Crippen LogP contribution in [0, 0.1) is 5.92 Å². The SMILES string of the molecule is CCCCN(C)C1CC(CCC)CCC1O. The van der Waals surface area contributed by atoms with Gasteiger partial charge in [0.05, 0.1) is 6.10 Å². The van der Waals surface area contributed by atoms with Gasteiger partial charge in [0.2, 0.25) is 0 Å². The van der Waals surface area contributed by atoms with Gasteiger partial charge in [-0.25, -0.2) is 0 Å². The standard InChI is InChI=1S/C14H29NO/c1-4-6-10-15(3)13-11-12(7-5-2)8-9-14(13)16/h12-14,16H,4-11H2,1-3H3. The molecule has 0 bridgehead atoms. The first-order chi connectivity index (χ1) is 7.69. The summed E-state index contributed by atoms with van der Waals surface area (Å²) >= 11 is 0. The molecule has 0 spiro atoms. The minimum atomic E-state index is -0.0880. The Labute approximate surface area is 101 Å².